The maximum atomic E-state index is 12.7. The average Bonchev–Trinajstić information content (AvgIpc) is 3.35. The first kappa shape index (κ1) is 16.6. The Morgan fingerprint density at radius 3 is 2.82 bits per heavy atom. The van der Waals surface area contributed by atoms with Gasteiger partial charge in [-0.15, -0.1) is 0 Å². The fourth-order valence-corrected chi connectivity index (χ4v) is 3.58. The lowest BCUT2D eigenvalue weighted by Crippen LogP contribution is -2.08. The number of carbonyl (C=O) groups is 1. The summed E-state index contributed by atoms with van der Waals surface area (Å²) in [5.74, 6) is -0.0154. The first-order valence-electron chi connectivity index (χ1n) is 9.22. The Bertz CT molecular complexity index is 1250. The summed E-state index contributed by atoms with van der Waals surface area (Å²) in [4.78, 5) is 21.5. The minimum atomic E-state index is -0.0154. The molecule has 3 heterocycles. The lowest BCUT2D eigenvalue weighted by Gasteiger charge is -2.06. The van der Waals surface area contributed by atoms with Crippen molar-refractivity contribution in [1.29, 1.82) is 0 Å². The van der Waals surface area contributed by atoms with Crippen molar-refractivity contribution in [2.45, 2.75) is 12.8 Å². The molecule has 1 aliphatic carbocycles. The second-order valence-corrected chi connectivity index (χ2v) is 7.12. The van der Waals surface area contributed by atoms with Crippen molar-refractivity contribution in [2.24, 2.45) is 7.05 Å². The number of nitrogens with zero attached hydrogens (tertiary/aromatic N) is 4. The summed E-state index contributed by atoms with van der Waals surface area (Å²) in [6.07, 6.45) is 12.7. The third-order valence-corrected chi connectivity index (χ3v) is 5.10. The number of rotatable bonds is 4. The van der Waals surface area contributed by atoms with Gasteiger partial charge in [0.05, 0.1) is 12.6 Å². The second-order valence-electron chi connectivity index (χ2n) is 7.12. The molecule has 5 heteroatoms. The van der Waals surface area contributed by atoms with Crippen LogP contribution in [-0.4, -0.2) is 25.5 Å². The van der Waals surface area contributed by atoms with E-state index in [0.717, 1.165) is 39.6 Å². The van der Waals surface area contributed by atoms with Gasteiger partial charge in [0.2, 0.25) is 0 Å². The van der Waals surface area contributed by atoms with Crippen molar-refractivity contribution in [3.8, 4) is 11.1 Å². The maximum Gasteiger partial charge on any atom is 0.187 e. The summed E-state index contributed by atoms with van der Waals surface area (Å²) in [6.45, 7) is 0. The molecule has 28 heavy (non-hydrogen) atoms. The fourth-order valence-electron chi connectivity index (χ4n) is 3.58. The molecule has 3 aromatic heterocycles. The van der Waals surface area contributed by atoms with Gasteiger partial charge >= 0.3 is 0 Å². The molecule has 0 saturated carbocycles. The zero-order chi connectivity index (χ0) is 19.1. The lowest BCUT2D eigenvalue weighted by atomic mass is 10.0. The van der Waals surface area contributed by atoms with Crippen LogP contribution in [0.5, 0.6) is 0 Å². The number of allylic oxidation sites excluding steroid dienone is 1. The fraction of sp³-hybridized carbons (Fsp3) is 0.130. The Labute approximate surface area is 162 Å². The Balaban J connectivity index is 1.44. The minimum Gasteiger partial charge on any atom is -0.292 e. The van der Waals surface area contributed by atoms with E-state index in [-0.39, 0.29) is 12.2 Å². The molecule has 0 saturated heterocycles. The zero-order valence-electron chi connectivity index (χ0n) is 15.5. The molecule has 0 N–H and O–H groups in total. The third kappa shape index (κ3) is 3.01. The highest BCUT2D eigenvalue weighted by Gasteiger charge is 2.14. The largest absolute Gasteiger partial charge is 0.292 e. The van der Waals surface area contributed by atoms with Gasteiger partial charge in [-0.3, -0.25) is 19.4 Å². The molecule has 0 unspecified atom stereocenters. The molecule has 0 spiro atoms. The number of aromatic nitrogens is 4. The van der Waals surface area contributed by atoms with Gasteiger partial charge in [-0.1, -0.05) is 24.3 Å². The molecule has 1 aliphatic rings. The standard InChI is InChI=1S/C23H18N4O/c1-27-14-20(13-26-27)16-5-6-18-11-24-21(8-19(18)7-16)10-23(28)22-9-15-3-2-4-17(15)12-25-22/h2-3,5-9,11-14H,4,10H2,1H3. The van der Waals surface area contributed by atoms with Gasteiger partial charge in [0.1, 0.15) is 5.69 Å². The van der Waals surface area contributed by atoms with E-state index in [2.05, 4.69) is 33.3 Å². The van der Waals surface area contributed by atoms with Crippen molar-refractivity contribution in [2.75, 3.05) is 0 Å². The molecule has 136 valence electrons. The molecular formula is C23H18N4O. The molecule has 5 rings (SSSR count). The summed E-state index contributed by atoms with van der Waals surface area (Å²) < 4.78 is 1.79. The maximum absolute atomic E-state index is 12.7. The number of hydrogen-bond acceptors (Lipinski definition) is 4. The van der Waals surface area contributed by atoms with Gasteiger partial charge in [0.15, 0.2) is 5.78 Å². The van der Waals surface area contributed by atoms with Gasteiger partial charge in [-0.05, 0) is 46.7 Å². The number of aryl methyl sites for hydroxylation is 1. The molecule has 0 aliphatic heterocycles. The summed E-state index contributed by atoms with van der Waals surface area (Å²) >= 11 is 0. The Morgan fingerprint density at radius 1 is 1.04 bits per heavy atom. The molecule has 4 aromatic rings. The molecule has 0 bridgehead atoms. The van der Waals surface area contributed by atoms with E-state index in [1.54, 1.807) is 10.9 Å². The predicted molar refractivity (Wildman–Crippen MR) is 109 cm³/mol. The zero-order valence-corrected chi connectivity index (χ0v) is 15.5. The monoisotopic (exact) mass is 366 g/mol. The van der Waals surface area contributed by atoms with Crippen LogP contribution in [0.2, 0.25) is 0 Å². The van der Waals surface area contributed by atoms with Crippen LogP contribution < -0.4 is 0 Å². The number of benzene rings is 1. The van der Waals surface area contributed by atoms with Gasteiger partial charge in [0.25, 0.3) is 0 Å². The summed E-state index contributed by atoms with van der Waals surface area (Å²) in [5, 5.41) is 6.34. The van der Waals surface area contributed by atoms with Crippen molar-refractivity contribution >= 4 is 22.6 Å². The van der Waals surface area contributed by atoms with E-state index in [0.29, 0.717) is 5.69 Å². The van der Waals surface area contributed by atoms with Crippen LogP contribution in [0.4, 0.5) is 0 Å². The number of ketones is 1. The number of pyridine rings is 2. The van der Waals surface area contributed by atoms with E-state index in [1.165, 1.54) is 5.56 Å². The molecule has 0 fully saturated rings. The van der Waals surface area contributed by atoms with Crippen molar-refractivity contribution in [3.63, 3.8) is 0 Å². The lowest BCUT2D eigenvalue weighted by molar-refractivity contribution is 0.0987. The SMILES string of the molecule is Cn1cc(-c2ccc3cnc(CC(=O)c4cc5c(cn4)CC=C5)cc3c2)cn1. The normalized spacial score (nSPS) is 12.5. The van der Waals surface area contributed by atoms with Crippen LogP contribution in [-0.2, 0) is 19.9 Å². The third-order valence-electron chi connectivity index (χ3n) is 5.10. The van der Waals surface area contributed by atoms with Crippen LogP contribution in [0.15, 0.2) is 61.2 Å². The van der Waals surface area contributed by atoms with E-state index in [1.807, 2.05) is 49.9 Å². The highest BCUT2D eigenvalue weighted by atomic mass is 16.1. The highest BCUT2D eigenvalue weighted by Crippen LogP contribution is 2.25. The smallest absolute Gasteiger partial charge is 0.187 e. The molecule has 1 aromatic carbocycles. The van der Waals surface area contributed by atoms with E-state index < -0.39 is 0 Å². The van der Waals surface area contributed by atoms with Crippen LogP contribution >= 0.6 is 0 Å². The Kier molecular flexibility index (Phi) is 3.86. The highest BCUT2D eigenvalue weighted by molar-refractivity contribution is 5.97. The second kappa shape index (κ2) is 6.53. The predicted octanol–water partition coefficient (Wildman–Crippen LogP) is 4.03. The van der Waals surface area contributed by atoms with Crippen LogP contribution in [0.25, 0.3) is 28.0 Å². The van der Waals surface area contributed by atoms with Crippen LogP contribution in [0.1, 0.15) is 27.3 Å². The van der Waals surface area contributed by atoms with Gasteiger partial charge < -0.3 is 0 Å². The first-order valence-corrected chi connectivity index (χ1v) is 9.22. The first-order chi connectivity index (χ1) is 13.7. The van der Waals surface area contributed by atoms with Crippen molar-refractivity contribution < 1.29 is 4.79 Å². The summed E-state index contributed by atoms with van der Waals surface area (Å²) in [6, 6.07) is 10.1. The number of hydrogen-bond donors (Lipinski definition) is 0. The summed E-state index contributed by atoms with van der Waals surface area (Å²) in [7, 11) is 1.90. The Hall–Kier alpha value is -3.60. The van der Waals surface area contributed by atoms with Crippen LogP contribution in [0, 0.1) is 0 Å². The van der Waals surface area contributed by atoms with E-state index in [4.69, 9.17) is 0 Å². The van der Waals surface area contributed by atoms with Crippen LogP contribution in [0.3, 0.4) is 0 Å². The number of carbonyl (C=O) groups excluding carboxylic acids is 1. The average molecular weight is 366 g/mol. The molecule has 0 radical (unpaired) electrons. The topological polar surface area (TPSA) is 60.7 Å². The van der Waals surface area contributed by atoms with E-state index >= 15 is 0 Å². The van der Waals surface area contributed by atoms with Gasteiger partial charge in [-0.2, -0.15) is 5.10 Å². The number of fused-ring (bicyclic) bond motifs is 2. The summed E-state index contributed by atoms with van der Waals surface area (Å²) in [5.41, 5.74) is 5.66. The minimum absolute atomic E-state index is 0.0154. The quantitative estimate of drug-likeness (QED) is 0.512. The van der Waals surface area contributed by atoms with E-state index in [9.17, 15) is 4.79 Å². The van der Waals surface area contributed by atoms with Gasteiger partial charge in [-0.25, -0.2) is 0 Å². The number of Topliss-reactive ketones (excluding diaryl/α,β-unsaturated/α-hetero) is 1. The Morgan fingerprint density at radius 2 is 1.96 bits per heavy atom. The molecular weight excluding hydrogens is 348 g/mol. The van der Waals surface area contributed by atoms with Crippen molar-refractivity contribution in [3.05, 3.63) is 83.7 Å². The van der Waals surface area contributed by atoms with Crippen molar-refractivity contribution in [1.82, 2.24) is 19.7 Å². The molecule has 5 nitrogen and oxygen atoms in total. The molecule has 0 atom stereocenters. The van der Waals surface area contributed by atoms with Gasteiger partial charge in [0, 0.05) is 42.3 Å². The molecule has 0 amide bonds.